The topological polar surface area (TPSA) is 78.3 Å². The van der Waals surface area contributed by atoms with Gasteiger partial charge in [-0.25, -0.2) is 13.9 Å². The van der Waals surface area contributed by atoms with E-state index in [0.717, 1.165) is 5.56 Å². The number of benzene rings is 2. The second kappa shape index (κ2) is 9.97. The number of carbonyl (C=O) groups is 1. The van der Waals surface area contributed by atoms with Crippen LogP contribution in [0.4, 0.5) is 10.3 Å². The second-order valence-corrected chi connectivity index (χ2v) is 8.13. The Bertz CT molecular complexity index is 1120. The minimum absolute atomic E-state index is 0.130. The maximum Gasteiger partial charge on any atom is 0.338 e. The molecule has 3 aromatic rings. The maximum absolute atomic E-state index is 13.6. The molecular formula is C23H23FN4O3S. The molecule has 166 valence electrons. The first-order chi connectivity index (χ1) is 15.6. The summed E-state index contributed by atoms with van der Waals surface area (Å²) in [4.78, 5) is 17.5. The highest BCUT2D eigenvalue weighted by molar-refractivity contribution is 7.98. The van der Waals surface area contributed by atoms with Gasteiger partial charge in [0.1, 0.15) is 18.5 Å². The van der Waals surface area contributed by atoms with Gasteiger partial charge >= 0.3 is 5.97 Å². The lowest BCUT2D eigenvalue weighted by Gasteiger charge is -2.28. The van der Waals surface area contributed by atoms with Crippen molar-refractivity contribution in [1.29, 1.82) is 0 Å². The lowest BCUT2D eigenvalue weighted by molar-refractivity contribution is -0.140. The van der Waals surface area contributed by atoms with Crippen molar-refractivity contribution in [3.8, 4) is 0 Å². The molecule has 0 saturated carbocycles. The standard InChI is InChI=1S/C23H23FN4O3S/c1-15-19(21(29)31-13-12-30-2)20(17-8-10-18(24)11-9-17)28-22(25-15)26-23(27-28)32-14-16-6-4-3-5-7-16/h3-11,20H,12-14H2,1-2H3,(H,25,26,27)/t20-/m0/s1. The van der Waals surface area contributed by atoms with Crippen molar-refractivity contribution in [2.75, 3.05) is 25.6 Å². The third kappa shape index (κ3) is 4.84. The zero-order valence-electron chi connectivity index (χ0n) is 17.7. The van der Waals surface area contributed by atoms with E-state index in [-0.39, 0.29) is 12.4 Å². The molecule has 0 saturated heterocycles. The highest BCUT2D eigenvalue weighted by Crippen LogP contribution is 2.37. The summed E-state index contributed by atoms with van der Waals surface area (Å²) < 4.78 is 25.6. The lowest BCUT2D eigenvalue weighted by Crippen LogP contribution is -2.30. The van der Waals surface area contributed by atoms with E-state index < -0.39 is 12.0 Å². The average molecular weight is 455 g/mol. The molecule has 1 atom stereocenters. The van der Waals surface area contributed by atoms with E-state index in [2.05, 4.69) is 15.4 Å². The molecule has 9 heteroatoms. The number of rotatable bonds is 8. The van der Waals surface area contributed by atoms with Crippen LogP contribution in [-0.4, -0.2) is 41.1 Å². The number of fused-ring (bicyclic) bond motifs is 1. The van der Waals surface area contributed by atoms with Gasteiger partial charge in [0, 0.05) is 18.6 Å². The quantitative estimate of drug-likeness (QED) is 0.311. The van der Waals surface area contributed by atoms with Gasteiger partial charge in [-0.05, 0) is 30.2 Å². The smallest absolute Gasteiger partial charge is 0.338 e. The van der Waals surface area contributed by atoms with Crippen molar-refractivity contribution in [3.05, 3.63) is 82.8 Å². The number of thioether (sulfide) groups is 1. The van der Waals surface area contributed by atoms with E-state index >= 15 is 0 Å². The molecule has 2 heterocycles. The van der Waals surface area contributed by atoms with Crippen molar-refractivity contribution < 1.29 is 18.7 Å². The first kappa shape index (κ1) is 22.0. The van der Waals surface area contributed by atoms with Gasteiger partial charge < -0.3 is 14.8 Å². The van der Waals surface area contributed by atoms with Gasteiger partial charge in [0.05, 0.1) is 12.2 Å². The first-order valence-corrected chi connectivity index (χ1v) is 11.1. The summed E-state index contributed by atoms with van der Waals surface area (Å²) in [5.74, 6) is 0.386. The van der Waals surface area contributed by atoms with Crippen molar-refractivity contribution >= 4 is 23.7 Å². The number of nitrogens with zero attached hydrogens (tertiary/aromatic N) is 3. The summed E-state index contributed by atoms with van der Waals surface area (Å²) in [6, 6.07) is 15.5. The molecule has 0 radical (unpaired) electrons. The molecule has 7 nitrogen and oxygen atoms in total. The number of halogens is 1. The van der Waals surface area contributed by atoms with Crippen LogP contribution in [0, 0.1) is 5.82 Å². The number of nitrogens with one attached hydrogen (secondary N) is 1. The summed E-state index contributed by atoms with van der Waals surface area (Å²) in [7, 11) is 1.54. The molecular weight excluding hydrogens is 431 g/mol. The monoisotopic (exact) mass is 454 g/mol. The Hall–Kier alpha value is -3.17. The Kier molecular flexibility index (Phi) is 6.87. The highest BCUT2D eigenvalue weighted by atomic mass is 32.2. The normalized spacial score (nSPS) is 15.3. The fraction of sp³-hybridized carbons (Fsp3) is 0.261. The summed E-state index contributed by atoms with van der Waals surface area (Å²) in [6.45, 7) is 2.21. The van der Waals surface area contributed by atoms with Crippen LogP contribution in [0.1, 0.15) is 24.1 Å². The number of ether oxygens (including phenoxy) is 2. The molecule has 1 N–H and O–H groups in total. The summed E-state index contributed by atoms with van der Waals surface area (Å²) >= 11 is 1.50. The molecule has 4 rings (SSSR count). The number of anilines is 1. The largest absolute Gasteiger partial charge is 0.460 e. The van der Waals surface area contributed by atoms with Crippen LogP contribution in [0.15, 0.2) is 71.0 Å². The van der Waals surface area contributed by atoms with E-state index in [9.17, 15) is 9.18 Å². The van der Waals surface area contributed by atoms with E-state index in [1.807, 2.05) is 30.3 Å². The second-order valence-electron chi connectivity index (χ2n) is 7.18. The Labute approximate surface area is 189 Å². The van der Waals surface area contributed by atoms with Crippen molar-refractivity contribution in [1.82, 2.24) is 14.8 Å². The summed E-state index contributed by atoms with van der Waals surface area (Å²) in [5, 5.41) is 8.39. The number of carbonyl (C=O) groups excluding carboxylic acids is 1. The predicted octanol–water partition coefficient (Wildman–Crippen LogP) is 4.19. The van der Waals surface area contributed by atoms with E-state index in [0.29, 0.717) is 40.3 Å². The van der Waals surface area contributed by atoms with Gasteiger partial charge in [-0.3, -0.25) is 0 Å². The molecule has 1 aliphatic rings. The zero-order chi connectivity index (χ0) is 22.5. The fourth-order valence-electron chi connectivity index (χ4n) is 3.43. The number of hydrogen-bond donors (Lipinski definition) is 1. The van der Waals surface area contributed by atoms with Crippen LogP contribution in [0.3, 0.4) is 0 Å². The highest BCUT2D eigenvalue weighted by Gasteiger charge is 2.35. The Balaban J connectivity index is 1.66. The third-order valence-corrected chi connectivity index (χ3v) is 5.88. The summed E-state index contributed by atoms with van der Waals surface area (Å²) in [5.41, 5.74) is 2.87. The lowest BCUT2D eigenvalue weighted by atomic mass is 9.96. The van der Waals surface area contributed by atoms with Crippen molar-refractivity contribution in [2.45, 2.75) is 23.9 Å². The molecule has 0 aliphatic carbocycles. The summed E-state index contributed by atoms with van der Waals surface area (Å²) in [6.07, 6.45) is 0. The molecule has 32 heavy (non-hydrogen) atoms. The Morgan fingerprint density at radius 2 is 1.91 bits per heavy atom. The number of allylic oxidation sites excluding steroid dienone is 1. The van der Waals surface area contributed by atoms with E-state index in [1.54, 1.807) is 23.7 Å². The van der Waals surface area contributed by atoms with E-state index in [1.165, 1.54) is 31.0 Å². The van der Waals surface area contributed by atoms with Crippen LogP contribution < -0.4 is 5.32 Å². The van der Waals surface area contributed by atoms with Crippen LogP contribution in [0.2, 0.25) is 0 Å². The molecule has 0 amide bonds. The molecule has 0 spiro atoms. The van der Waals surface area contributed by atoms with Gasteiger partial charge in [0.25, 0.3) is 0 Å². The molecule has 0 bridgehead atoms. The number of aromatic nitrogens is 3. The van der Waals surface area contributed by atoms with Gasteiger partial charge in [-0.1, -0.05) is 54.2 Å². The van der Waals surface area contributed by atoms with Crippen molar-refractivity contribution in [2.24, 2.45) is 0 Å². The molecule has 2 aromatic carbocycles. The number of esters is 1. The van der Waals surface area contributed by atoms with Crippen LogP contribution in [0.25, 0.3) is 0 Å². The van der Waals surface area contributed by atoms with Gasteiger partial charge in [0.2, 0.25) is 11.1 Å². The average Bonchev–Trinajstić information content (AvgIpc) is 3.20. The number of methoxy groups -OCH3 is 1. The Morgan fingerprint density at radius 1 is 1.16 bits per heavy atom. The third-order valence-electron chi connectivity index (χ3n) is 4.97. The fourth-order valence-corrected chi connectivity index (χ4v) is 4.21. The first-order valence-electron chi connectivity index (χ1n) is 10.1. The van der Waals surface area contributed by atoms with Gasteiger partial charge in [0.15, 0.2) is 0 Å². The van der Waals surface area contributed by atoms with Crippen molar-refractivity contribution in [3.63, 3.8) is 0 Å². The molecule has 0 unspecified atom stereocenters. The minimum Gasteiger partial charge on any atom is -0.460 e. The predicted molar refractivity (Wildman–Crippen MR) is 120 cm³/mol. The number of hydrogen-bond acceptors (Lipinski definition) is 7. The zero-order valence-corrected chi connectivity index (χ0v) is 18.6. The SMILES string of the molecule is COCCOC(=O)C1=C(C)Nc2nc(SCc3ccccc3)nn2[C@H]1c1ccc(F)cc1. The molecule has 1 aliphatic heterocycles. The van der Waals surface area contributed by atoms with Gasteiger partial charge in [-0.2, -0.15) is 4.98 Å². The van der Waals surface area contributed by atoms with Crippen LogP contribution in [-0.2, 0) is 20.0 Å². The van der Waals surface area contributed by atoms with E-state index in [4.69, 9.17) is 9.47 Å². The minimum atomic E-state index is -0.597. The molecule has 1 aromatic heterocycles. The Morgan fingerprint density at radius 3 is 2.62 bits per heavy atom. The maximum atomic E-state index is 13.6. The van der Waals surface area contributed by atoms with Crippen LogP contribution in [0.5, 0.6) is 0 Å². The molecule has 0 fully saturated rings. The van der Waals surface area contributed by atoms with Crippen LogP contribution >= 0.6 is 11.8 Å². The van der Waals surface area contributed by atoms with Gasteiger partial charge in [-0.15, -0.1) is 5.10 Å².